The predicted octanol–water partition coefficient (Wildman–Crippen LogP) is -1.86. The molecule has 7 heteroatoms. The third kappa shape index (κ3) is 6.00. The molecular formula is C8H18N4O3. The van der Waals surface area contributed by atoms with Crippen molar-refractivity contribution in [2.75, 3.05) is 6.61 Å². The summed E-state index contributed by atoms with van der Waals surface area (Å²) in [4.78, 5) is 22.0. The van der Waals surface area contributed by atoms with Crippen molar-refractivity contribution in [1.29, 1.82) is 0 Å². The first-order chi connectivity index (χ1) is 7.15. The van der Waals surface area contributed by atoms with Gasteiger partial charge < -0.3 is 5.11 Å². The standard InChI is InChI=1S/C8H18N4O3/c9-11-7(14)3-1-2-6(4-5-13)8(15)12-10/h6,13H,1-5,9-10H2,(H,11,14)(H,12,15). The van der Waals surface area contributed by atoms with Gasteiger partial charge in [-0.05, 0) is 19.3 Å². The van der Waals surface area contributed by atoms with Crippen molar-refractivity contribution in [2.24, 2.45) is 17.6 Å². The summed E-state index contributed by atoms with van der Waals surface area (Å²) in [5, 5.41) is 8.72. The number of aliphatic hydroxyl groups is 1. The van der Waals surface area contributed by atoms with Crippen molar-refractivity contribution >= 4 is 11.8 Å². The van der Waals surface area contributed by atoms with Crippen LogP contribution in [0.15, 0.2) is 0 Å². The second-order valence-corrected chi connectivity index (χ2v) is 3.18. The Balaban J connectivity index is 3.85. The first kappa shape index (κ1) is 13.8. The summed E-state index contributed by atoms with van der Waals surface area (Å²) in [5.41, 5.74) is 4.03. The minimum absolute atomic E-state index is 0.0822. The molecule has 0 aromatic rings. The number of aliphatic hydroxyl groups excluding tert-OH is 1. The van der Waals surface area contributed by atoms with Crippen LogP contribution in [0.2, 0.25) is 0 Å². The highest BCUT2D eigenvalue weighted by molar-refractivity contribution is 5.78. The van der Waals surface area contributed by atoms with E-state index in [0.29, 0.717) is 19.3 Å². The fourth-order valence-electron chi connectivity index (χ4n) is 1.26. The topological polar surface area (TPSA) is 130 Å². The highest BCUT2D eigenvalue weighted by Gasteiger charge is 2.16. The molecular weight excluding hydrogens is 200 g/mol. The van der Waals surface area contributed by atoms with Crippen molar-refractivity contribution in [2.45, 2.75) is 25.7 Å². The zero-order valence-electron chi connectivity index (χ0n) is 8.53. The fraction of sp³-hybridized carbons (Fsp3) is 0.750. The number of carbonyl (C=O) groups excluding carboxylic acids is 2. The Morgan fingerprint density at radius 2 is 1.87 bits per heavy atom. The van der Waals surface area contributed by atoms with Crippen molar-refractivity contribution in [3.63, 3.8) is 0 Å². The average molecular weight is 218 g/mol. The number of hydrazine groups is 2. The molecule has 0 fully saturated rings. The zero-order chi connectivity index (χ0) is 11.7. The van der Waals surface area contributed by atoms with Gasteiger partial charge in [-0.3, -0.25) is 20.4 Å². The molecule has 0 rings (SSSR count). The summed E-state index contributed by atoms with van der Waals surface area (Å²) in [6.45, 7) is -0.0822. The molecule has 0 aromatic heterocycles. The van der Waals surface area contributed by atoms with Gasteiger partial charge >= 0.3 is 0 Å². The quantitative estimate of drug-likeness (QED) is 0.194. The molecule has 0 aliphatic rings. The molecule has 0 aliphatic heterocycles. The summed E-state index contributed by atoms with van der Waals surface area (Å²) in [6, 6.07) is 0. The third-order valence-electron chi connectivity index (χ3n) is 2.11. The van der Waals surface area contributed by atoms with Gasteiger partial charge in [-0.15, -0.1) is 0 Å². The Labute approximate surface area is 88.1 Å². The van der Waals surface area contributed by atoms with E-state index in [9.17, 15) is 9.59 Å². The number of hydrogen-bond donors (Lipinski definition) is 5. The van der Waals surface area contributed by atoms with Crippen LogP contribution < -0.4 is 22.5 Å². The minimum atomic E-state index is -0.356. The Morgan fingerprint density at radius 3 is 2.33 bits per heavy atom. The van der Waals surface area contributed by atoms with Gasteiger partial charge in [0.05, 0.1) is 0 Å². The van der Waals surface area contributed by atoms with Gasteiger partial charge in [-0.1, -0.05) is 0 Å². The molecule has 7 nitrogen and oxygen atoms in total. The summed E-state index contributed by atoms with van der Waals surface area (Å²) >= 11 is 0. The highest BCUT2D eigenvalue weighted by atomic mass is 16.3. The number of nitrogens with two attached hydrogens (primary N) is 2. The largest absolute Gasteiger partial charge is 0.396 e. The summed E-state index contributed by atoms with van der Waals surface area (Å²) in [5.74, 6) is 8.92. The summed E-state index contributed by atoms with van der Waals surface area (Å²) < 4.78 is 0. The molecule has 88 valence electrons. The lowest BCUT2D eigenvalue weighted by molar-refractivity contribution is -0.126. The predicted molar refractivity (Wildman–Crippen MR) is 53.7 cm³/mol. The van der Waals surface area contributed by atoms with Gasteiger partial charge in [0.15, 0.2) is 0 Å². The van der Waals surface area contributed by atoms with Crippen LogP contribution in [-0.2, 0) is 9.59 Å². The van der Waals surface area contributed by atoms with Gasteiger partial charge in [0, 0.05) is 18.9 Å². The van der Waals surface area contributed by atoms with Crippen LogP contribution in [-0.4, -0.2) is 23.5 Å². The SMILES string of the molecule is NNC(=O)CCCC(CCO)C(=O)NN. The molecule has 1 atom stereocenters. The molecule has 0 aliphatic carbocycles. The normalized spacial score (nSPS) is 11.9. The first-order valence-corrected chi connectivity index (χ1v) is 4.76. The molecule has 0 aromatic carbocycles. The lowest BCUT2D eigenvalue weighted by Crippen LogP contribution is -2.36. The van der Waals surface area contributed by atoms with Crippen LogP contribution in [0.25, 0.3) is 0 Å². The molecule has 0 heterocycles. The zero-order valence-corrected chi connectivity index (χ0v) is 8.53. The van der Waals surface area contributed by atoms with Gasteiger partial charge in [-0.2, -0.15) is 0 Å². The van der Waals surface area contributed by atoms with Crippen molar-refractivity contribution < 1.29 is 14.7 Å². The lowest BCUT2D eigenvalue weighted by atomic mass is 9.98. The summed E-state index contributed by atoms with van der Waals surface area (Å²) in [6.07, 6.45) is 1.63. The van der Waals surface area contributed by atoms with Gasteiger partial charge in [0.1, 0.15) is 0 Å². The molecule has 0 radical (unpaired) electrons. The van der Waals surface area contributed by atoms with E-state index < -0.39 is 0 Å². The van der Waals surface area contributed by atoms with E-state index in [0.717, 1.165) is 0 Å². The molecule has 0 saturated heterocycles. The fourth-order valence-corrected chi connectivity index (χ4v) is 1.26. The van der Waals surface area contributed by atoms with Gasteiger partial charge in [-0.25, -0.2) is 11.7 Å². The molecule has 15 heavy (non-hydrogen) atoms. The second kappa shape index (κ2) is 8.16. The molecule has 2 amide bonds. The number of nitrogens with one attached hydrogen (secondary N) is 2. The minimum Gasteiger partial charge on any atom is -0.396 e. The average Bonchev–Trinajstić information content (AvgIpc) is 2.26. The van der Waals surface area contributed by atoms with Crippen molar-refractivity contribution in [3.8, 4) is 0 Å². The monoisotopic (exact) mass is 218 g/mol. The van der Waals surface area contributed by atoms with E-state index >= 15 is 0 Å². The van der Waals surface area contributed by atoms with Gasteiger partial charge in [0.25, 0.3) is 0 Å². The smallest absolute Gasteiger partial charge is 0.237 e. The Kier molecular flexibility index (Phi) is 7.51. The first-order valence-electron chi connectivity index (χ1n) is 4.76. The lowest BCUT2D eigenvalue weighted by Gasteiger charge is -2.13. The maximum absolute atomic E-state index is 11.2. The van der Waals surface area contributed by atoms with E-state index in [1.807, 2.05) is 10.9 Å². The maximum atomic E-state index is 11.2. The molecule has 0 spiro atoms. The molecule has 7 N–H and O–H groups in total. The van der Waals surface area contributed by atoms with Crippen LogP contribution in [0.1, 0.15) is 25.7 Å². The van der Waals surface area contributed by atoms with Gasteiger partial charge in [0.2, 0.25) is 11.8 Å². The highest BCUT2D eigenvalue weighted by Crippen LogP contribution is 2.12. The second-order valence-electron chi connectivity index (χ2n) is 3.18. The van der Waals surface area contributed by atoms with Crippen LogP contribution in [0.3, 0.4) is 0 Å². The Morgan fingerprint density at radius 1 is 1.20 bits per heavy atom. The number of rotatable bonds is 7. The Hall–Kier alpha value is -1.18. The maximum Gasteiger partial charge on any atom is 0.237 e. The van der Waals surface area contributed by atoms with E-state index in [1.165, 1.54) is 0 Å². The van der Waals surface area contributed by atoms with Crippen molar-refractivity contribution in [3.05, 3.63) is 0 Å². The van der Waals surface area contributed by atoms with E-state index in [4.69, 9.17) is 16.8 Å². The Bertz CT molecular complexity index is 210. The van der Waals surface area contributed by atoms with E-state index in [2.05, 4.69) is 0 Å². The number of hydrogen-bond acceptors (Lipinski definition) is 5. The molecule has 0 bridgehead atoms. The molecule has 0 saturated carbocycles. The summed E-state index contributed by atoms with van der Waals surface area (Å²) in [7, 11) is 0. The van der Waals surface area contributed by atoms with Crippen LogP contribution in [0.4, 0.5) is 0 Å². The van der Waals surface area contributed by atoms with Crippen LogP contribution >= 0.6 is 0 Å². The van der Waals surface area contributed by atoms with E-state index in [-0.39, 0.29) is 30.8 Å². The number of carbonyl (C=O) groups is 2. The van der Waals surface area contributed by atoms with E-state index in [1.54, 1.807) is 0 Å². The number of amides is 2. The van der Waals surface area contributed by atoms with Crippen LogP contribution in [0.5, 0.6) is 0 Å². The van der Waals surface area contributed by atoms with Crippen LogP contribution in [0, 0.1) is 5.92 Å². The van der Waals surface area contributed by atoms with Crippen molar-refractivity contribution in [1.82, 2.24) is 10.9 Å². The molecule has 1 unspecified atom stereocenters. The third-order valence-corrected chi connectivity index (χ3v) is 2.11.